The lowest BCUT2D eigenvalue weighted by Crippen LogP contribution is -2.37. The Labute approximate surface area is 154 Å². The molecule has 1 aliphatic carbocycles. The Bertz CT molecular complexity index is 850. The lowest BCUT2D eigenvalue weighted by molar-refractivity contribution is -0.133. The molecule has 4 rings (SSSR count). The molecule has 26 heavy (non-hydrogen) atoms. The number of amides is 1. The minimum absolute atomic E-state index is 0.255. The minimum Gasteiger partial charge on any atom is -0.382 e. The van der Waals surface area contributed by atoms with Crippen molar-refractivity contribution in [2.24, 2.45) is 11.8 Å². The number of aromatic nitrogens is 3. The molecule has 2 N–H and O–H groups in total. The highest BCUT2D eigenvalue weighted by molar-refractivity contribution is 5.90. The molecule has 3 heterocycles. The number of hydrogen-bond donors (Lipinski definition) is 1. The van der Waals surface area contributed by atoms with Gasteiger partial charge >= 0.3 is 0 Å². The van der Waals surface area contributed by atoms with Gasteiger partial charge in [-0.25, -0.2) is 9.97 Å². The van der Waals surface area contributed by atoms with Crippen LogP contribution in [0.2, 0.25) is 0 Å². The molecule has 1 aliphatic heterocycles. The SMILES string of the molecule is CCCc1nc2c(N)nc3c(c2n1CC(C)C)CN(C(=O)C1CC1)CC3. The van der Waals surface area contributed by atoms with Gasteiger partial charge in [0.15, 0.2) is 5.82 Å². The number of nitrogens with zero attached hydrogens (tertiary/aromatic N) is 4. The quantitative estimate of drug-likeness (QED) is 0.894. The van der Waals surface area contributed by atoms with E-state index in [0.717, 1.165) is 73.3 Å². The summed E-state index contributed by atoms with van der Waals surface area (Å²) in [6.45, 7) is 8.93. The highest BCUT2D eigenvalue weighted by atomic mass is 16.2. The molecule has 0 saturated heterocycles. The summed E-state index contributed by atoms with van der Waals surface area (Å²) in [5, 5.41) is 0. The predicted molar refractivity (Wildman–Crippen MR) is 103 cm³/mol. The molecule has 0 unspecified atom stereocenters. The van der Waals surface area contributed by atoms with Crippen molar-refractivity contribution in [1.82, 2.24) is 19.4 Å². The van der Waals surface area contributed by atoms with Gasteiger partial charge in [-0.1, -0.05) is 20.8 Å². The molecular formula is C20H29N5O. The summed E-state index contributed by atoms with van der Waals surface area (Å²) in [6, 6.07) is 0. The van der Waals surface area contributed by atoms with Gasteiger partial charge in [0.2, 0.25) is 5.91 Å². The van der Waals surface area contributed by atoms with Crippen molar-refractivity contribution in [3.05, 3.63) is 17.1 Å². The first-order chi connectivity index (χ1) is 12.5. The third-order valence-corrected chi connectivity index (χ3v) is 5.41. The lowest BCUT2D eigenvalue weighted by atomic mass is 10.0. The fraction of sp³-hybridized carbons (Fsp3) is 0.650. The summed E-state index contributed by atoms with van der Waals surface area (Å²) in [4.78, 5) is 24.1. The van der Waals surface area contributed by atoms with Crippen molar-refractivity contribution in [2.45, 2.75) is 66.0 Å². The first-order valence-corrected chi connectivity index (χ1v) is 9.94. The predicted octanol–water partition coefficient (Wildman–Crippen LogP) is 2.92. The summed E-state index contributed by atoms with van der Waals surface area (Å²) >= 11 is 0. The van der Waals surface area contributed by atoms with Crippen LogP contribution in [0.1, 0.15) is 57.1 Å². The third kappa shape index (κ3) is 2.95. The Morgan fingerprint density at radius 1 is 1.31 bits per heavy atom. The lowest BCUT2D eigenvalue weighted by Gasteiger charge is -2.29. The van der Waals surface area contributed by atoms with Gasteiger partial charge in [0, 0.05) is 44.0 Å². The van der Waals surface area contributed by atoms with Crippen molar-refractivity contribution in [2.75, 3.05) is 12.3 Å². The molecule has 0 radical (unpaired) electrons. The second-order valence-electron chi connectivity index (χ2n) is 8.19. The van der Waals surface area contributed by atoms with Gasteiger partial charge in [0.25, 0.3) is 0 Å². The van der Waals surface area contributed by atoms with E-state index in [1.54, 1.807) is 0 Å². The number of carbonyl (C=O) groups is 1. The topological polar surface area (TPSA) is 77.0 Å². The number of rotatable bonds is 5. The zero-order valence-corrected chi connectivity index (χ0v) is 16.1. The zero-order chi connectivity index (χ0) is 18.4. The van der Waals surface area contributed by atoms with E-state index in [2.05, 4.69) is 30.3 Å². The van der Waals surface area contributed by atoms with Crippen molar-refractivity contribution in [3.63, 3.8) is 0 Å². The molecule has 0 bridgehead atoms. The molecule has 1 saturated carbocycles. The number of imidazole rings is 1. The number of pyridine rings is 1. The van der Waals surface area contributed by atoms with Gasteiger partial charge < -0.3 is 15.2 Å². The largest absolute Gasteiger partial charge is 0.382 e. The Morgan fingerprint density at radius 3 is 2.73 bits per heavy atom. The number of nitrogens with two attached hydrogens (primary N) is 1. The fourth-order valence-electron chi connectivity index (χ4n) is 4.02. The maximum absolute atomic E-state index is 12.6. The minimum atomic E-state index is 0.255. The molecule has 1 fully saturated rings. The van der Waals surface area contributed by atoms with Crippen LogP contribution in [-0.4, -0.2) is 31.9 Å². The standard InChI is InChI=1S/C20H29N5O/c1-4-5-16-23-17-18(25(16)10-12(2)3)14-11-24(20(26)13-6-7-13)9-8-15(14)22-19(17)21/h12-13H,4-11H2,1-3H3,(H2,21,22). The fourth-order valence-corrected chi connectivity index (χ4v) is 4.02. The van der Waals surface area contributed by atoms with E-state index in [0.29, 0.717) is 24.2 Å². The van der Waals surface area contributed by atoms with Gasteiger partial charge in [0.05, 0.1) is 11.2 Å². The van der Waals surface area contributed by atoms with Crippen LogP contribution in [0.3, 0.4) is 0 Å². The van der Waals surface area contributed by atoms with Gasteiger partial charge in [-0.05, 0) is 25.2 Å². The molecule has 140 valence electrons. The van der Waals surface area contributed by atoms with Crippen LogP contribution in [-0.2, 0) is 30.7 Å². The Morgan fingerprint density at radius 2 is 2.08 bits per heavy atom. The average molecular weight is 355 g/mol. The normalized spacial score (nSPS) is 17.2. The monoisotopic (exact) mass is 355 g/mol. The van der Waals surface area contributed by atoms with Gasteiger partial charge in [-0.3, -0.25) is 4.79 Å². The number of aryl methyl sites for hydroxylation is 1. The van der Waals surface area contributed by atoms with Crippen LogP contribution in [0.15, 0.2) is 0 Å². The summed E-state index contributed by atoms with van der Waals surface area (Å²) in [7, 11) is 0. The van der Waals surface area contributed by atoms with Crippen LogP contribution >= 0.6 is 0 Å². The molecule has 6 nitrogen and oxygen atoms in total. The molecular weight excluding hydrogens is 326 g/mol. The van der Waals surface area contributed by atoms with E-state index in [4.69, 9.17) is 10.7 Å². The third-order valence-electron chi connectivity index (χ3n) is 5.41. The second kappa shape index (κ2) is 6.56. The summed E-state index contributed by atoms with van der Waals surface area (Å²) in [5.41, 5.74) is 10.4. The first kappa shape index (κ1) is 17.3. The van der Waals surface area contributed by atoms with Crippen LogP contribution < -0.4 is 5.73 Å². The van der Waals surface area contributed by atoms with E-state index >= 15 is 0 Å². The zero-order valence-electron chi connectivity index (χ0n) is 16.1. The smallest absolute Gasteiger partial charge is 0.225 e. The highest BCUT2D eigenvalue weighted by Crippen LogP contribution is 2.35. The molecule has 0 spiro atoms. The summed E-state index contributed by atoms with van der Waals surface area (Å²) < 4.78 is 2.34. The van der Waals surface area contributed by atoms with Crippen molar-refractivity contribution < 1.29 is 4.79 Å². The summed E-state index contributed by atoms with van der Waals surface area (Å²) in [5.74, 6) is 2.69. The molecule has 1 amide bonds. The maximum Gasteiger partial charge on any atom is 0.225 e. The van der Waals surface area contributed by atoms with Gasteiger partial charge in [0.1, 0.15) is 11.3 Å². The molecule has 0 aromatic carbocycles. The van der Waals surface area contributed by atoms with Crippen LogP contribution in [0, 0.1) is 11.8 Å². The van der Waals surface area contributed by atoms with E-state index in [1.165, 1.54) is 0 Å². The summed E-state index contributed by atoms with van der Waals surface area (Å²) in [6.07, 6.45) is 4.85. The molecule has 6 heteroatoms. The highest BCUT2D eigenvalue weighted by Gasteiger charge is 2.36. The van der Waals surface area contributed by atoms with Crippen molar-refractivity contribution in [1.29, 1.82) is 0 Å². The number of hydrogen-bond acceptors (Lipinski definition) is 4. The number of fused-ring (bicyclic) bond motifs is 3. The van der Waals surface area contributed by atoms with Crippen molar-refractivity contribution >= 4 is 22.8 Å². The Kier molecular flexibility index (Phi) is 4.37. The first-order valence-electron chi connectivity index (χ1n) is 9.94. The van der Waals surface area contributed by atoms with E-state index in [9.17, 15) is 4.79 Å². The number of carbonyl (C=O) groups excluding carboxylic acids is 1. The maximum atomic E-state index is 12.6. The van der Waals surface area contributed by atoms with E-state index in [-0.39, 0.29) is 5.92 Å². The van der Waals surface area contributed by atoms with Crippen LogP contribution in [0.25, 0.3) is 11.0 Å². The van der Waals surface area contributed by atoms with Crippen molar-refractivity contribution in [3.8, 4) is 0 Å². The van der Waals surface area contributed by atoms with Crippen LogP contribution in [0.4, 0.5) is 5.82 Å². The number of anilines is 1. The Balaban J connectivity index is 1.84. The molecule has 2 aromatic heterocycles. The van der Waals surface area contributed by atoms with E-state index < -0.39 is 0 Å². The van der Waals surface area contributed by atoms with Gasteiger partial charge in [-0.2, -0.15) is 0 Å². The molecule has 2 aromatic rings. The van der Waals surface area contributed by atoms with Gasteiger partial charge in [-0.15, -0.1) is 0 Å². The molecule has 2 aliphatic rings. The average Bonchev–Trinajstić information content (AvgIpc) is 3.39. The number of nitrogen functional groups attached to an aromatic ring is 1. The molecule has 0 atom stereocenters. The van der Waals surface area contributed by atoms with Crippen LogP contribution in [0.5, 0.6) is 0 Å². The Hall–Kier alpha value is -2.11. The van der Waals surface area contributed by atoms with E-state index in [1.807, 2.05) is 4.90 Å². The second-order valence-corrected chi connectivity index (χ2v) is 8.19.